The summed E-state index contributed by atoms with van der Waals surface area (Å²) in [5, 5.41) is 10.8. The minimum Gasteiger partial charge on any atom is -0.494 e. The lowest BCUT2D eigenvalue weighted by atomic mass is 9.99. The van der Waals surface area contributed by atoms with Crippen molar-refractivity contribution in [2.24, 2.45) is 0 Å². The van der Waals surface area contributed by atoms with Gasteiger partial charge in [-0.3, -0.25) is 9.69 Å². The smallest absolute Gasteiger partial charge is 0.418 e. The van der Waals surface area contributed by atoms with Crippen LogP contribution in [0.5, 0.6) is 5.75 Å². The fourth-order valence-electron chi connectivity index (χ4n) is 6.03. The zero-order valence-electron chi connectivity index (χ0n) is 29.4. The summed E-state index contributed by atoms with van der Waals surface area (Å²) < 4.78 is 75.6. The highest BCUT2D eigenvalue weighted by atomic mass is 32.2. The van der Waals surface area contributed by atoms with Crippen LogP contribution in [0, 0.1) is 0 Å². The van der Waals surface area contributed by atoms with E-state index in [0.29, 0.717) is 37.3 Å². The topological polar surface area (TPSA) is 117 Å². The van der Waals surface area contributed by atoms with Gasteiger partial charge in [-0.15, -0.1) is 22.0 Å². The van der Waals surface area contributed by atoms with Gasteiger partial charge in [0, 0.05) is 55.6 Å². The Balaban J connectivity index is 1.04. The van der Waals surface area contributed by atoms with Crippen molar-refractivity contribution >= 4 is 39.2 Å². The summed E-state index contributed by atoms with van der Waals surface area (Å²) in [5.41, 5.74) is 1.70. The molecule has 4 aromatic carbocycles. The Morgan fingerprint density at radius 1 is 0.870 bits per heavy atom. The summed E-state index contributed by atoms with van der Waals surface area (Å²) in [6, 6.07) is 31.2. The van der Waals surface area contributed by atoms with Crippen molar-refractivity contribution in [2.75, 3.05) is 55.3 Å². The zero-order chi connectivity index (χ0) is 38.1. The SMILES string of the molecule is CCOc1cccc(-c2ccccc2CN2CCN(c3ccc(C(=O)NS(=O)(=O)c4ccc(NCCSc5ccccc5)c(C(F)(F)F)c4)nn3)CC2)c1. The molecular weight excluding hydrogens is 738 g/mol. The molecule has 1 amide bonds. The van der Waals surface area contributed by atoms with Gasteiger partial charge in [-0.1, -0.05) is 54.6 Å². The van der Waals surface area contributed by atoms with E-state index in [1.54, 1.807) is 6.07 Å². The van der Waals surface area contributed by atoms with Gasteiger partial charge in [-0.05, 0) is 78.2 Å². The van der Waals surface area contributed by atoms with Crippen LogP contribution in [0.3, 0.4) is 0 Å². The first kappa shape index (κ1) is 38.6. The Hall–Kier alpha value is -5.12. The van der Waals surface area contributed by atoms with Crippen molar-refractivity contribution in [1.82, 2.24) is 19.8 Å². The van der Waals surface area contributed by atoms with E-state index in [-0.39, 0.29) is 17.9 Å². The Morgan fingerprint density at radius 2 is 1.63 bits per heavy atom. The van der Waals surface area contributed by atoms with Gasteiger partial charge in [0.2, 0.25) is 0 Å². The molecule has 282 valence electrons. The molecule has 1 saturated heterocycles. The second kappa shape index (κ2) is 17.3. The molecule has 0 unspecified atom stereocenters. The second-order valence-electron chi connectivity index (χ2n) is 12.4. The number of piperazine rings is 1. The van der Waals surface area contributed by atoms with E-state index in [0.717, 1.165) is 53.5 Å². The first-order valence-corrected chi connectivity index (χ1v) is 19.8. The first-order valence-electron chi connectivity index (χ1n) is 17.3. The van der Waals surface area contributed by atoms with Gasteiger partial charge in [0.1, 0.15) is 5.75 Å². The lowest BCUT2D eigenvalue weighted by Gasteiger charge is -2.35. The van der Waals surface area contributed by atoms with Gasteiger partial charge in [0.05, 0.1) is 17.1 Å². The molecule has 0 aliphatic carbocycles. The molecule has 0 radical (unpaired) electrons. The number of carbonyl (C=O) groups excluding carboxylic acids is 1. The van der Waals surface area contributed by atoms with Crippen LogP contribution in [0.1, 0.15) is 28.5 Å². The molecule has 0 bridgehead atoms. The molecule has 1 fully saturated rings. The van der Waals surface area contributed by atoms with E-state index < -0.39 is 32.6 Å². The normalized spacial score (nSPS) is 13.7. The van der Waals surface area contributed by atoms with Crippen LogP contribution in [0.2, 0.25) is 0 Å². The highest BCUT2D eigenvalue weighted by Crippen LogP contribution is 2.36. The lowest BCUT2D eigenvalue weighted by molar-refractivity contribution is -0.137. The van der Waals surface area contributed by atoms with Crippen molar-refractivity contribution in [2.45, 2.75) is 29.4 Å². The average molecular weight is 777 g/mol. The number of thioether (sulfide) groups is 1. The van der Waals surface area contributed by atoms with E-state index in [1.165, 1.54) is 23.4 Å². The third-order valence-electron chi connectivity index (χ3n) is 8.71. The number of rotatable bonds is 14. The standard InChI is InChI=1S/C39H39F3N6O4S2/c1-2-52-30-11-8-10-28(25-30)33-14-7-6-9-29(33)27-47-20-22-48(23-21-47)37-18-17-36(44-45-37)38(49)46-54(50,51)32-15-16-35(34(26-32)39(40,41)42)43-19-24-53-31-12-4-3-5-13-31/h3-18,25-26,43H,2,19-24,27H2,1H3,(H,46,49). The van der Waals surface area contributed by atoms with Crippen LogP contribution in [-0.2, 0) is 22.7 Å². The summed E-state index contributed by atoms with van der Waals surface area (Å²) in [7, 11) is -4.68. The van der Waals surface area contributed by atoms with Crippen molar-refractivity contribution in [1.29, 1.82) is 0 Å². The van der Waals surface area contributed by atoms with Crippen molar-refractivity contribution < 1.29 is 31.1 Å². The molecule has 2 N–H and O–H groups in total. The molecule has 0 saturated carbocycles. The van der Waals surface area contributed by atoms with Crippen molar-refractivity contribution in [3.8, 4) is 16.9 Å². The number of nitrogens with zero attached hydrogens (tertiary/aromatic N) is 4. The molecule has 1 aromatic heterocycles. The van der Waals surface area contributed by atoms with E-state index in [9.17, 15) is 26.4 Å². The van der Waals surface area contributed by atoms with Crippen molar-refractivity contribution in [3.05, 3.63) is 126 Å². The Kier molecular flexibility index (Phi) is 12.4. The zero-order valence-corrected chi connectivity index (χ0v) is 31.1. The average Bonchev–Trinajstić information content (AvgIpc) is 3.17. The van der Waals surface area contributed by atoms with Crippen molar-refractivity contribution in [3.63, 3.8) is 0 Å². The van der Waals surface area contributed by atoms with Crippen LogP contribution in [0.25, 0.3) is 11.1 Å². The van der Waals surface area contributed by atoms with Gasteiger partial charge in [-0.2, -0.15) is 13.2 Å². The molecule has 0 atom stereocenters. The highest BCUT2D eigenvalue weighted by Gasteiger charge is 2.35. The minimum absolute atomic E-state index is 0.204. The Labute approximate surface area is 316 Å². The molecule has 6 rings (SSSR count). The highest BCUT2D eigenvalue weighted by molar-refractivity contribution is 7.99. The second-order valence-corrected chi connectivity index (χ2v) is 15.2. The molecule has 1 aliphatic heterocycles. The number of aromatic nitrogens is 2. The number of hydrogen-bond acceptors (Lipinski definition) is 10. The molecule has 15 heteroatoms. The number of halogens is 3. The van der Waals surface area contributed by atoms with E-state index in [2.05, 4.69) is 38.6 Å². The number of hydrogen-bond donors (Lipinski definition) is 2. The number of carbonyl (C=O) groups is 1. The molecular formula is C39H39F3N6O4S2. The third kappa shape index (κ3) is 9.89. The monoisotopic (exact) mass is 776 g/mol. The number of nitrogens with one attached hydrogen (secondary N) is 2. The number of benzene rings is 4. The Bertz CT molecular complexity index is 2150. The van der Waals surface area contributed by atoms with E-state index in [1.807, 2.05) is 77.2 Å². The maximum absolute atomic E-state index is 14.0. The van der Waals surface area contributed by atoms with Gasteiger partial charge in [-0.25, -0.2) is 13.1 Å². The van der Waals surface area contributed by atoms with E-state index >= 15 is 0 Å². The number of anilines is 2. The number of ether oxygens (including phenoxy) is 1. The molecule has 54 heavy (non-hydrogen) atoms. The number of amides is 1. The van der Waals surface area contributed by atoms with Crippen LogP contribution >= 0.6 is 11.8 Å². The molecule has 1 aliphatic rings. The molecule has 0 spiro atoms. The summed E-state index contributed by atoms with van der Waals surface area (Å²) >= 11 is 1.47. The molecule has 10 nitrogen and oxygen atoms in total. The van der Waals surface area contributed by atoms with Crippen LogP contribution in [0.4, 0.5) is 24.7 Å². The molecule has 5 aromatic rings. The largest absolute Gasteiger partial charge is 0.494 e. The molecule has 2 heterocycles. The maximum atomic E-state index is 14.0. The van der Waals surface area contributed by atoms with Gasteiger partial charge in [0.15, 0.2) is 11.5 Å². The summed E-state index contributed by atoms with van der Waals surface area (Å²) in [5.74, 6) is 0.710. The minimum atomic E-state index is -4.85. The fourth-order valence-corrected chi connectivity index (χ4v) is 7.81. The summed E-state index contributed by atoms with van der Waals surface area (Å²) in [4.78, 5) is 17.5. The Morgan fingerprint density at radius 3 is 2.35 bits per heavy atom. The predicted molar refractivity (Wildman–Crippen MR) is 204 cm³/mol. The van der Waals surface area contributed by atoms with Crippen LogP contribution in [-0.4, -0.2) is 74.5 Å². The van der Waals surface area contributed by atoms with Gasteiger partial charge >= 0.3 is 6.18 Å². The van der Waals surface area contributed by atoms with Crippen LogP contribution < -0.4 is 19.7 Å². The third-order valence-corrected chi connectivity index (χ3v) is 11.1. The van der Waals surface area contributed by atoms with Gasteiger partial charge in [0.25, 0.3) is 15.9 Å². The predicted octanol–water partition coefficient (Wildman–Crippen LogP) is 7.21. The number of alkyl halides is 3. The number of sulfonamides is 1. The van der Waals surface area contributed by atoms with E-state index in [4.69, 9.17) is 4.74 Å². The summed E-state index contributed by atoms with van der Waals surface area (Å²) in [6.45, 7) is 6.29. The first-order chi connectivity index (χ1) is 26.0. The summed E-state index contributed by atoms with van der Waals surface area (Å²) in [6.07, 6.45) is -4.85. The quantitative estimate of drug-likeness (QED) is 0.0886. The maximum Gasteiger partial charge on any atom is 0.418 e. The van der Waals surface area contributed by atoms with Gasteiger partial charge < -0.3 is 15.0 Å². The van der Waals surface area contributed by atoms with Crippen LogP contribution in [0.15, 0.2) is 119 Å². The lowest BCUT2D eigenvalue weighted by Crippen LogP contribution is -2.46. The fraction of sp³-hybridized carbons (Fsp3) is 0.256.